The van der Waals surface area contributed by atoms with Crippen LogP contribution in [0.1, 0.15) is 66.7 Å². The van der Waals surface area contributed by atoms with E-state index in [4.69, 9.17) is 4.74 Å². The Morgan fingerprint density at radius 2 is 2.00 bits per heavy atom. The molecule has 1 aliphatic heterocycles. The van der Waals surface area contributed by atoms with Crippen LogP contribution in [0.3, 0.4) is 0 Å². The molecule has 20 heavy (non-hydrogen) atoms. The van der Waals surface area contributed by atoms with Gasteiger partial charge in [0.15, 0.2) is 0 Å². The van der Waals surface area contributed by atoms with Crippen LogP contribution in [-0.2, 0) is 4.74 Å². The van der Waals surface area contributed by atoms with Crippen LogP contribution in [0.5, 0.6) is 0 Å². The zero-order valence-corrected chi connectivity index (χ0v) is 13.9. The number of nitrogens with zero attached hydrogens (tertiary/aromatic N) is 1. The normalized spacial score (nSPS) is 19.7. The molecule has 1 amide bonds. The van der Waals surface area contributed by atoms with E-state index >= 15 is 0 Å². The third-order valence-electron chi connectivity index (χ3n) is 3.90. The smallest absolute Gasteiger partial charge is 0.410 e. The predicted octanol–water partition coefficient (Wildman–Crippen LogP) is 3.55. The molecule has 1 saturated heterocycles. The van der Waals surface area contributed by atoms with Crippen molar-refractivity contribution in [2.24, 2.45) is 0 Å². The molecule has 0 bridgehead atoms. The van der Waals surface area contributed by atoms with Gasteiger partial charge in [0.1, 0.15) is 5.60 Å². The van der Waals surface area contributed by atoms with Gasteiger partial charge in [0.05, 0.1) is 0 Å². The minimum atomic E-state index is -0.405. The van der Waals surface area contributed by atoms with Gasteiger partial charge in [-0.3, -0.25) is 0 Å². The van der Waals surface area contributed by atoms with Crippen LogP contribution in [0.2, 0.25) is 0 Å². The van der Waals surface area contributed by atoms with Crippen LogP contribution in [0.4, 0.5) is 4.79 Å². The Morgan fingerprint density at radius 1 is 1.35 bits per heavy atom. The number of rotatable bonds is 6. The van der Waals surface area contributed by atoms with Crippen molar-refractivity contribution in [1.29, 1.82) is 0 Å². The summed E-state index contributed by atoms with van der Waals surface area (Å²) in [6.45, 7) is 12.0. The van der Waals surface area contributed by atoms with Gasteiger partial charge in [-0.25, -0.2) is 4.79 Å². The second-order valence-electron chi connectivity index (χ2n) is 6.73. The van der Waals surface area contributed by atoms with Crippen LogP contribution >= 0.6 is 0 Å². The van der Waals surface area contributed by atoms with Gasteiger partial charge in [-0.2, -0.15) is 0 Å². The van der Waals surface area contributed by atoms with E-state index in [9.17, 15) is 4.79 Å². The molecule has 0 aromatic heterocycles. The van der Waals surface area contributed by atoms with Crippen molar-refractivity contribution < 1.29 is 9.53 Å². The van der Waals surface area contributed by atoms with Gasteiger partial charge in [-0.1, -0.05) is 13.8 Å². The van der Waals surface area contributed by atoms with Crippen LogP contribution in [0.15, 0.2) is 0 Å². The number of hydrogen-bond donors (Lipinski definition) is 1. The highest BCUT2D eigenvalue weighted by Crippen LogP contribution is 2.22. The molecule has 118 valence electrons. The highest BCUT2D eigenvalue weighted by atomic mass is 16.6. The zero-order valence-electron chi connectivity index (χ0n) is 13.9. The summed E-state index contributed by atoms with van der Waals surface area (Å²) in [4.78, 5) is 14.1. The van der Waals surface area contributed by atoms with Crippen molar-refractivity contribution in [3.63, 3.8) is 0 Å². The molecule has 1 atom stereocenters. The summed E-state index contributed by atoms with van der Waals surface area (Å²) in [6, 6.07) is 0.943. The molecule has 0 aromatic carbocycles. The number of carbonyl (C=O) groups excluding carboxylic acids is 1. The quantitative estimate of drug-likeness (QED) is 0.811. The summed E-state index contributed by atoms with van der Waals surface area (Å²) in [5.74, 6) is 0. The molecule has 0 aliphatic carbocycles. The minimum absolute atomic E-state index is 0.150. The first-order valence-electron chi connectivity index (χ1n) is 8.10. The lowest BCUT2D eigenvalue weighted by molar-refractivity contribution is 0.0220. The van der Waals surface area contributed by atoms with Crippen molar-refractivity contribution in [1.82, 2.24) is 10.2 Å². The maximum absolute atomic E-state index is 12.2. The Kier molecular flexibility index (Phi) is 6.80. The van der Waals surface area contributed by atoms with Crippen molar-refractivity contribution in [3.8, 4) is 0 Å². The maximum atomic E-state index is 12.2. The molecular weight excluding hydrogens is 252 g/mol. The van der Waals surface area contributed by atoms with Gasteiger partial charge >= 0.3 is 6.09 Å². The second-order valence-corrected chi connectivity index (χ2v) is 6.73. The summed E-state index contributed by atoms with van der Waals surface area (Å²) in [7, 11) is 0. The number of carbonyl (C=O) groups is 1. The molecular formula is C16H32N2O2. The molecule has 1 N–H and O–H groups in total. The maximum Gasteiger partial charge on any atom is 0.410 e. The summed E-state index contributed by atoms with van der Waals surface area (Å²) in [5, 5.41) is 3.57. The largest absolute Gasteiger partial charge is 0.444 e. The fraction of sp³-hybridized carbons (Fsp3) is 0.938. The molecule has 0 aromatic rings. The monoisotopic (exact) mass is 284 g/mol. The number of amides is 1. The number of nitrogens with one attached hydrogen (secondary N) is 1. The summed E-state index contributed by atoms with van der Waals surface area (Å²) in [5.41, 5.74) is -0.405. The van der Waals surface area contributed by atoms with Crippen molar-refractivity contribution in [2.45, 2.75) is 84.4 Å². The Labute approximate surface area is 124 Å². The average Bonchev–Trinajstić information content (AvgIpc) is 2.81. The van der Waals surface area contributed by atoms with Gasteiger partial charge < -0.3 is 15.0 Å². The van der Waals surface area contributed by atoms with Gasteiger partial charge in [-0.15, -0.1) is 0 Å². The highest BCUT2D eigenvalue weighted by molar-refractivity contribution is 5.68. The number of hydrogen-bond acceptors (Lipinski definition) is 3. The Hall–Kier alpha value is -0.770. The van der Waals surface area contributed by atoms with Gasteiger partial charge in [-0.05, 0) is 59.4 Å². The van der Waals surface area contributed by atoms with E-state index in [1.807, 2.05) is 25.7 Å². The fourth-order valence-electron chi connectivity index (χ4n) is 2.73. The third kappa shape index (κ3) is 5.70. The zero-order chi connectivity index (χ0) is 15.2. The van der Waals surface area contributed by atoms with E-state index in [2.05, 4.69) is 19.2 Å². The van der Waals surface area contributed by atoms with E-state index in [0.717, 1.165) is 45.2 Å². The lowest BCUT2D eigenvalue weighted by atomic mass is 10.1. The van der Waals surface area contributed by atoms with E-state index in [-0.39, 0.29) is 6.09 Å². The van der Waals surface area contributed by atoms with E-state index in [1.54, 1.807) is 0 Å². The van der Waals surface area contributed by atoms with Crippen LogP contribution in [-0.4, -0.2) is 41.8 Å². The minimum Gasteiger partial charge on any atom is -0.444 e. The lowest BCUT2D eigenvalue weighted by Crippen LogP contribution is -2.41. The van der Waals surface area contributed by atoms with Crippen molar-refractivity contribution in [2.75, 3.05) is 13.1 Å². The molecule has 0 spiro atoms. The second kappa shape index (κ2) is 7.87. The number of ether oxygens (including phenoxy) is 1. The molecule has 0 saturated carbocycles. The summed E-state index contributed by atoms with van der Waals surface area (Å²) >= 11 is 0. The van der Waals surface area contributed by atoms with Crippen LogP contribution < -0.4 is 5.32 Å². The first-order chi connectivity index (χ1) is 9.37. The fourth-order valence-corrected chi connectivity index (χ4v) is 2.73. The van der Waals surface area contributed by atoms with Crippen molar-refractivity contribution in [3.05, 3.63) is 0 Å². The molecule has 4 nitrogen and oxygen atoms in total. The summed E-state index contributed by atoms with van der Waals surface area (Å²) in [6.07, 6.45) is 5.39. The molecule has 1 fully saturated rings. The van der Waals surface area contributed by atoms with E-state index in [0.29, 0.717) is 12.1 Å². The lowest BCUT2D eigenvalue weighted by Gasteiger charge is -2.29. The highest BCUT2D eigenvalue weighted by Gasteiger charge is 2.31. The summed E-state index contributed by atoms with van der Waals surface area (Å²) < 4.78 is 5.49. The third-order valence-corrected chi connectivity index (χ3v) is 3.90. The standard InChI is InChI=1S/C16H32N2O2/c1-6-13(7-2)17-11-10-14-9-8-12-18(14)15(19)20-16(3,4)5/h13-14,17H,6-12H2,1-5H3. The molecule has 1 aliphatic rings. The topological polar surface area (TPSA) is 41.6 Å². The molecule has 1 unspecified atom stereocenters. The molecule has 1 heterocycles. The van der Waals surface area contributed by atoms with Gasteiger partial charge in [0.2, 0.25) is 0 Å². The first kappa shape index (κ1) is 17.3. The molecule has 4 heteroatoms. The van der Waals surface area contributed by atoms with E-state index in [1.165, 1.54) is 0 Å². The number of likely N-dealkylation sites (tertiary alicyclic amines) is 1. The molecule has 1 rings (SSSR count). The SMILES string of the molecule is CCC(CC)NCCC1CCCN1C(=O)OC(C)(C)C. The van der Waals surface area contributed by atoms with Crippen molar-refractivity contribution >= 4 is 6.09 Å². The van der Waals surface area contributed by atoms with Crippen LogP contribution in [0.25, 0.3) is 0 Å². The predicted molar refractivity (Wildman–Crippen MR) is 83.0 cm³/mol. The average molecular weight is 284 g/mol. The van der Waals surface area contributed by atoms with Gasteiger partial charge in [0.25, 0.3) is 0 Å². The van der Waals surface area contributed by atoms with Gasteiger partial charge in [0, 0.05) is 18.6 Å². The Balaban J connectivity index is 2.39. The Bertz CT molecular complexity index is 295. The van der Waals surface area contributed by atoms with E-state index < -0.39 is 5.60 Å². The van der Waals surface area contributed by atoms with Crippen LogP contribution in [0, 0.1) is 0 Å². The Morgan fingerprint density at radius 3 is 2.55 bits per heavy atom. The molecule has 0 radical (unpaired) electrons. The first-order valence-corrected chi connectivity index (χ1v) is 8.10.